The highest BCUT2D eigenvalue weighted by Crippen LogP contribution is 2.07. The summed E-state index contributed by atoms with van der Waals surface area (Å²) in [7, 11) is 3.77. The molecule has 0 spiro atoms. The number of hydrogen-bond donors (Lipinski definition) is 1. The zero-order valence-corrected chi connectivity index (χ0v) is 11.9. The third kappa shape index (κ3) is 3.78. The highest BCUT2D eigenvalue weighted by atomic mass is 16.2. The van der Waals surface area contributed by atoms with Gasteiger partial charge in [-0.1, -0.05) is 0 Å². The fraction of sp³-hybridized carbons (Fsp3) is 0.385. The molecule has 0 saturated carbocycles. The average Bonchev–Trinajstić information content (AvgIpc) is 2.88. The molecule has 0 radical (unpaired) electrons. The molecule has 0 aliphatic carbocycles. The van der Waals surface area contributed by atoms with E-state index in [1.54, 1.807) is 23.1 Å². The Labute approximate surface area is 117 Å². The number of aromatic nitrogens is 4. The minimum absolute atomic E-state index is 0.101. The Morgan fingerprint density at radius 2 is 2.20 bits per heavy atom. The maximum atomic E-state index is 11.8. The molecule has 0 fully saturated rings. The van der Waals surface area contributed by atoms with Gasteiger partial charge in [0.1, 0.15) is 6.54 Å². The number of aryl methyl sites for hydroxylation is 1. The molecule has 1 amide bonds. The Bertz CT molecular complexity index is 579. The summed E-state index contributed by atoms with van der Waals surface area (Å²) in [6, 6.07) is 3.64. The summed E-state index contributed by atoms with van der Waals surface area (Å²) >= 11 is 0. The monoisotopic (exact) mass is 274 g/mol. The van der Waals surface area contributed by atoms with E-state index in [9.17, 15) is 4.79 Å². The number of amides is 1. The minimum Gasteiger partial charge on any atom is -0.349 e. The molecule has 0 aliphatic rings. The fourth-order valence-electron chi connectivity index (χ4n) is 1.69. The van der Waals surface area contributed by atoms with Crippen molar-refractivity contribution in [2.45, 2.75) is 20.0 Å². The summed E-state index contributed by atoms with van der Waals surface area (Å²) in [4.78, 5) is 22.3. The second kappa shape index (κ2) is 6.14. The normalized spacial score (nSPS) is 10.3. The van der Waals surface area contributed by atoms with Crippen LogP contribution in [0.25, 0.3) is 0 Å². The Hall–Kier alpha value is -2.44. The number of rotatable bonds is 5. The highest BCUT2D eigenvalue weighted by molar-refractivity contribution is 5.75. The lowest BCUT2D eigenvalue weighted by Crippen LogP contribution is -2.28. The lowest BCUT2D eigenvalue weighted by Gasteiger charge is -2.12. The van der Waals surface area contributed by atoms with Crippen LogP contribution in [0.4, 0.5) is 5.95 Å². The number of nitrogens with one attached hydrogen (secondary N) is 1. The Kier molecular flexibility index (Phi) is 4.29. The standard InChI is InChI=1S/C13H18N6O/c1-10-7-11(17-13(16-10)18(2)3)8-14-12(20)9-19-6-4-5-15-19/h4-7H,8-9H2,1-3H3,(H,14,20). The maximum absolute atomic E-state index is 11.8. The fourth-order valence-corrected chi connectivity index (χ4v) is 1.69. The van der Waals surface area contributed by atoms with Gasteiger partial charge in [0.25, 0.3) is 0 Å². The van der Waals surface area contributed by atoms with E-state index < -0.39 is 0 Å². The van der Waals surface area contributed by atoms with Gasteiger partial charge in [-0.2, -0.15) is 5.10 Å². The van der Waals surface area contributed by atoms with Crippen LogP contribution in [0.15, 0.2) is 24.5 Å². The average molecular weight is 274 g/mol. The Morgan fingerprint density at radius 3 is 2.85 bits per heavy atom. The quantitative estimate of drug-likeness (QED) is 0.852. The van der Waals surface area contributed by atoms with Gasteiger partial charge in [-0.15, -0.1) is 0 Å². The van der Waals surface area contributed by atoms with Crippen molar-refractivity contribution in [3.05, 3.63) is 35.9 Å². The molecule has 0 aromatic carbocycles. The van der Waals surface area contributed by atoms with Crippen molar-refractivity contribution in [3.8, 4) is 0 Å². The van der Waals surface area contributed by atoms with Gasteiger partial charge < -0.3 is 10.2 Å². The van der Waals surface area contributed by atoms with E-state index in [0.29, 0.717) is 12.5 Å². The Morgan fingerprint density at radius 1 is 1.40 bits per heavy atom. The van der Waals surface area contributed by atoms with E-state index in [4.69, 9.17) is 0 Å². The Balaban J connectivity index is 1.95. The molecule has 0 unspecified atom stereocenters. The molecule has 20 heavy (non-hydrogen) atoms. The summed E-state index contributed by atoms with van der Waals surface area (Å²) < 4.78 is 1.58. The van der Waals surface area contributed by atoms with E-state index in [0.717, 1.165) is 11.4 Å². The van der Waals surface area contributed by atoms with Gasteiger partial charge in [0.2, 0.25) is 11.9 Å². The molecule has 2 aromatic rings. The summed E-state index contributed by atoms with van der Waals surface area (Å²) in [5.41, 5.74) is 1.66. The SMILES string of the molecule is Cc1cc(CNC(=O)Cn2cccn2)nc(N(C)C)n1. The molecule has 0 bridgehead atoms. The molecule has 0 saturated heterocycles. The molecule has 0 aliphatic heterocycles. The molecule has 7 heteroatoms. The van der Waals surface area contributed by atoms with Gasteiger partial charge in [-0.25, -0.2) is 9.97 Å². The lowest BCUT2D eigenvalue weighted by molar-refractivity contribution is -0.122. The van der Waals surface area contributed by atoms with Crippen molar-refractivity contribution in [2.24, 2.45) is 0 Å². The molecule has 0 atom stereocenters. The van der Waals surface area contributed by atoms with Crippen LogP contribution < -0.4 is 10.2 Å². The molecule has 2 heterocycles. The third-order valence-electron chi connectivity index (χ3n) is 2.63. The van der Waals surface area contributed by atoms with Crippen molar-refractivity contribution >= 4 is 11.9 Å². The van der Waals surface area contributed by atoms with Crippen molar-refractivity contribution < 1.29 is 4.79 Å². The zero-order chi connectivity index (χ0) is 14.5. The van der Waals surface area contributed by atoms with E-state index in [-0.39, 0.29) is 12.5 Å². The molecular formula is C13H18N6O. The van der Waals surface area contributed by atoms with Crippen LogP contribution >= 0.6 is 0 Å². The predicted molar refractivity (Wildman–Crippen MR) is 75.2 cm³/mol. The first-order valence-corrected chi connectivity index (χ1v) is 6.30. The second-order valence-corrected chi connectivity index (χ2v) is 4.68. The first-order chi connectivity index (χ1) is 9.54. The van der Waals surface area contributed by atoms with Gasteiger partial charge >= 0.3 is 0 Å². The molecule has 106 valence electrons. The lowest BCUT2D eigenvalue weighted by atomic mass is 10.3. The number of carbonyl (C=O) groups is 1. The second-order valence-electron chi connectivity index (χ2n) is 4.68. The summed E-state index contributed by atoms with van der Waals surface area (Å²) in [6.07, 6.45) is 3.39. The van der Waals surface area contributed by atoms with E-state index >= 15 is 0 Å². The summed E-state index contributed by atoms with van der Waals surface area (Å²) in [5, 5.41) is 6.81. The van der Waals surface area contributed by atoms with Crippen LogP contribution in [0.5, 0.6) is 0 Å². The largest absolute Gasteiger partial charge is 0.349 e. The minimum atomic E-state index is -0.101. The summed E-state index contributed by atoms with van der Waals surface area (Å²) in [6.45, 7) is 2.49. The number of nitrogens with zero attached hydrogens (tertiary/aromatic N) is 5. The van der Waals surface area contributed by atoms with Crippen molar-refractivity contribution in [3.63, 3.8) is 0 Å². The van der Waals surface area contributed by atoms with Gasteiger partial charge in [0.15, 0.2) is 0 Å². The van der Waals surface area contributed by atoms with Crippen LogP contribution in [0.1, 0.15) is 11.4 Å². The molecule has 1 N–H and O–H groups in total. The smallest absolute Gasteiger partial charge is 0.242 e. The third-order valence-corrected chi connectivity index (χ3v) is 2.63. The van der Waals surface area contributed by atoms with Crippen LogP contribution in [0.3, 0.4) is 0 Å². The zero-order valence-electron chi connectivity index (χ0n) is 11.9. The van der Waals surface area contributed by atoms with Crippen LogP contribution in [-0.2, 0) is 17.9 Å². The van der Waals surface area contributed by atoms with Gasteiger partial charge in [-0.3, -0.25) is 9.48 Å². The topological polar surface area (TPSA) is 75.9 Å². The maximum Gasteiger partial charge on any atom is 0.242 e. The van der Waals surface area contributed by atoms with Gasteiger partial charge in [0, 0.05) is 32.2 Å². The highest BCUT2D eigenvalue weighted by Gasteiger charge is 2.06. The van der Waals surface area contributed by atoms with Gasteiger partial charge in [-0.05, 0) is 19.1 Å². The number of carbonyl (C=O) groups excluding carboxylic acids is 1. The van der Waals surface area contributed by atoms with Crippen molar-refractivity contribution in [2.75, 3.05) is 19.0 Å². The van der Waals surface area contributed by atoms with Crippen molar-refractivity contribution in [1.82, 2.24) is 25.1 Å². The number of anilines is 1. The summed E-state index contributed by atoms with van der Waals surface area (Å²) in [5.74, 6) is 0.540. The van der Waals surface area contributed by atoms with Crippen LogP contribution in [-0.4, -0.2) is 39.8 Å². The predicted octanol–water partition coefficient (Wildman–Crippen LogP) is 0.364. The van der Waals surface area contributed by atoms with E-state index in [1.807, 2.05) is 32.0 Å². The first-order valence-electron chi connectivity index (χ1n) is 6.30. The molecular weight excluding hydrogens is 256 g/mol. The molecule has 2 rings (SSSR count). The molecule has 7 nitrogen and oxygen atoms in total. The van der Waals surface area contributed by atoms with E-state index in [2.05, 4.69) is 20.4 Å². The van der Waals surface area contributed by atoms with Crippen LogP contribution in [0.2, 0.25) is 0 Å². The van der Waals surface area contributed by atoms with Crippen molar-refractivity contribution in [1.29, 1.82) is 0 Å². The molecule has 2 aromatic heterocycles. The van der Waals surface area contributed by atoms with E-state index in [1.165, 1.54) is 0 Å². The number of hydrogen-bond acceptors (Lipinski definition) is 5. The van der Waals surface area contributed by atoms with Gasteiger partial charge in [0.05, 0.1) is 12.2 Å². The van der Waals surface area contributed by atoms with Crippen LogP contribution in [0, 0.1) is 6.92 Å². The first kappa shape index (κ1) is 14.0.